The quantitative estimate of drug-likeness (QED) is 0.763. The van der Waals surface area contributed by atoms with Gasteiger partial charge in [-0.1, -0.05) is 24.3 Å². The van der Waals surface area contributed by atoms with Crippen molar-refractivity contribution in [1.82, 2.24) is 0 Å². The summed E-state index contributed by atoms with van der Waals surface area (Å²) in [4.78, 5) is 23.9. The maximum Gasteiger partial charge on any atom is 0.243 e. The van der Waals surface area contributed by atoms with Gasteiger partial charge in [-0.25, -0.2) is 0 Å². The molecule has 0 saturated heterocycles. The third-order valence-electron chi connectivity index (χ3n) is 3.95. The molecule has 0 bridgehead atoms. The topological polar surface area (TPSA) is 70.2 Å². The summed E-state index contributed by atoms with van der Waals surface area (Å²) >= 11 is 0. The lowest BCUT2D eigenvalue weighted by molar-refractivity contribution is -0.117. The van der Waals surface area contributed by atoms with E-state index >= 15 is 0 Å². The molecule has 24 heavy (non-hydrogen) atoms. The van der Waals surface area contributed by atoms with E-state index in [4.69, 9.17) is 0 Å². The van der Waals surface area contributed by atoms with E-state index in [9.17, 15) is 9.59 Å². The molecule has 0 radical (unpaired) electrons. The van der Waals surface area contributed by atoms with Crippen LogP contribution in [0.15, 0.2) is 48.5 Å². The van der Waals surface area contributed by atoms with Crippen molar-refractivity contribution in [3.8, 4) is 0 Å². The summed E-state index contributed by atoms with van der Waals surface area (Å²) in [5, 5.41) is 8.88. The molecule has 2 aromatic carbocycles. The van der Waals surface area contributed by atoms with Gasteiger partial charge in [-0.2, -0.15) is 0 Å². The highest BCUT2D eigenvalue weighted by Gasteiger charge is 2.29. The Kier molecular flexibility index (Phi) is 4.79. The van der Waals surface area contributed by atoms with Crippen molar-refractivity contribution < 1.29 is 9.59 Å². The van der Waals surface area contributed by atoms with Gasteiger partial charge >= 0.3 is 0 Å². The number of nitrogens with one attached hydrogen (secondary N) is 3. The summed E-state index contributed by atoms with van der Waals surface area (Å²) < 4.78 is 0. The Hall–Kier alpha value is -2.82. The number of benzene rings is 2. The number of amides is 2. The summed E-state index contributed by atoms with van der Waals surface area (Å²) in [6.07, 6.45) is 1.95. The van der Waals surface area contributed by atoms with Crippen molar-refractivity contribution in [2.45, 2.75) is 19.8 Å². The van der Waals surface area contributed by atoms with Crippen molar-refractivity contribution in [2.75, 3.05) is 22.5 Å². The second-order valence-corrected chi connectivity index (χ2v) is 6.06. The van der Waals surface area contributed by atoms with E-state index in [-0.39, 0.29) is 24.3 Å². The third kappa shape index (κ3) is 4.35. The molecule has 2 amide bonds. The molecule has 1 aliphatic carbocycles. The number of carbonyl (C=O) groups is 2. The lowest BCUT2D eigenvalue weighted by Gasteiger charge is -2.12. The Balaban J connectivity index is 1.57. The highest BCUT2D eigenvalue weighted by Crippen LogP contribution is 2.30. The van der Waals surface area contributed by atoms with Crippen LogP contribution in [-0.4, -0.2) is 18.4 Å². The molecule has 124 valence electrons. The van der Waals surface area contributed by atoms with Gasteiger partial charge in [-0.3, -0.25) is 9.59 Å². The molecule has 0 heterocycles. The number of hydrogen-bond donors (Lipinski definition) is 3. The van der Waals surface area contributed by atoms with E-state index in [1.807, 2.05) is 55.5 Å². The lowest BCUT2D eigenvalue weighted by Crippen LogP contribution is -2.22. The van der Waals surface area contributed by atoms with Crippen LogP contribution in [-0.2, 0) is 9.59 Å². The van der Waals surface area contributed by atoms with Crippen LogP contribution in [0.3, 0.4) is 0 Å². The van der Waals surface area contributed by atoms with Crippen molar-refractivity contribution in [2.24, 2.45) is 5.92 Å². The molecule has 1 aliphatic rings. The Labute approximate surface area is 141 Å². The van der Waals surface area contributed by atoms with Crippen LogP contribution in [0.5, 0.6) is 0 Å². The van der Waals surface area contributed by atoms with Gasteiger partial charge in [0.2, 0.25) is 11.8 Å². The van der Waals surface area contributed by atoms with Crippen LogP contribution in [0.2, 0.25) is 0 Å². The van der Waals surface area contributed by atoms with E-state index < -0.39 is 0 Å². The largest absolute Gasteiger partial charge is 0.376 e. The van der Waals surface area contributed by atoms with Gasteiger partial charge in [0.05, 0.1) is 6.54 Å². The highest BCUT2D eigenvalue weighted by molar-refractivity contribution is 5.95. The van der Waals surface area contributed by atoms with E-state index in [0.717, 1.165) is 35.5 Å². The predicted molar refractivity (Wildman–Crippen MR) is 96.1 cm³/mol. The molecule has 1 saturated carbocycles. The van der Waals surface area contributed by atoms with E-state index in [1.54, 1.807) is 0 Å². The molecule has 3 rings (SSSR count). The van der Waals surface area contributed by atoms with Crippen molar-refractivity contribution >= 4 is 28.9 Å². The molecule has 0 aliphatic heterocycles. The van der Waals surface area contributed by atoms with Gasteiger partial charge in [0.15, 0.2) is 0 Å². The molecule has 2 aromatic rings. The fourth-order valence-electron chi connectivity index (χ4n) is 2.38. The molecule has 1 fully saturated rings. The molecule has 0 unspecified atom stereocenters. The predicted octanol–water partition coefficient (Wildman–Crippen LogP) is 3.39. The van der Waals surface area contributed by atoms with Gasteiger partial charge in [0.25, 0.3) is 0 Å². The lowest BCUT2D eigenvalue weighted by atomic mass is 10.1. The monoisotopic (exact) mass is 323 g/mol. The zero-order chi connectivity index (χ0) is 16.9. The standard InChI is InChI=1S/C19H21N3O2/c1-13-7-10-16(22-19(24)14-8-9-14)11-17(13)20-12-18(23)21-15-5-3-2-4-6-15/h2-7,10-11,14,20H,8-9,12H2,1H3,(H,21,23)(H,22,24). The van der Waals surface area contributed by atoms with Crippen molar-refractivity contribution in [3.05, 3.63) is 54.1 Å². The summed E-state index contributed by atoms with van der Waals surface area (Å²) in [6, 6.07) is 15.0. The summed E-state index contributed by atoms with van der Waals surface area (Å²) in [6.45, 7) is 2.12. The average molecular weight is 323 g/mol. The number of aryl methyl sites for hydroxylation is 1. The van der Waals surface area contributed by atoms with Crippen LogP contribution >= 0.6 is 0 Å². The zero-order valence-corrected chi connectivity index (χ0v) is 13.6. The molecule has 5 heteroatoms. The van der Waals surface area contributed by atoms with Gasteiger partial charge in [0.1, 0.15) is 0 Å². The van der Waals surface area contributed by atoms with Crippen molar-refractivity contribution in [1.29, 1.82) is 0 Å². The van der Waals surface area contributed by atoms with Gasteiger partial charge in [-0.05, 0) is 49.6 Å². The minimum absolute atomic E-state index is 0.0756. The Morgan fingerprint density at radius 2 is 1.75 bits per heavy atom. The van der Waals surface area contributed by atoms with Gasteiger partial charge < -0.3 is 16.0 Å². The molecule has 0 atom stereocenters. The first kappa shape index (κ1) is 16.1. The Bertz CT molecular complexity index is 740. The third-order valence-corrected chi connectivity index (χ3v) is 3.95. The van der Waals surface area contributed by atoms with Crippen LogP contribution in [0.4, 0.5) is 17.1 Å². The average Bonchev–Trinajstić information content (AvgIpc) is 3.41. The fraction of sp³-hybridized carbons (Fsp3) is 0.263. The minimum atomic E-state index is -0.118. The van der Waals surface area contributed by atoms with E-state index in [2.05, 4.69) is 16.0 Å². The van der Waals surface area contributed by atoms with Crippen molar-refractivity contribution in [3.63, 3.8) is 0 Å². The fourth-order valence-corrected chi connectivity index (χ4v) is 2.38. The number of para-hydroxylation sites is 1. The van der Waals surface area contributed by atoms with Crippen LogP contribution < -0.4 is 16.0 Å². The summed E-state index contributed by atoms with van der Waals surface area (Å²) in [7, 11) is 0. The maximum absolute atomic E-state index is 12.0. The molecule has 0 aromatic heterocycles. The van der Waals surface area contributed by atoms with E-state index in [1.165, 1.54) is 0 Å². The first-order valence-corrected chi connectivity index (χ1v) is 8.12. The second-order valence-electron chi connectivity index (χ2n) is 6.06. The molecule has 5 nitrogen and oxygen atoms in total. The first-order valence-electron chi connectivity index (χ1n) is 8.12. The normalized spacial score (nSPS) is 13.2. The Morgan fingerprint density at radius 1 is 1.00 bits per heavy atom. The number of anilines is 3. The number of hydrogen-bond acceptors (Lipinski definition) is 3. The van der Waals surface area contributed by atoms with Crippen LogP contribution in [0.25, 0.3) is 0 Å². The SMILES string of the molecule is Cc1ccc(NC(=O)C2CC2)cc1NCC(=O)Nc1ccccc1. The highest BCUT2D eigenvalue weighted by atomic mass is 16.2. The smallest absolute Gasteiger partial charge is 0.243 e. The number of carbonyl (C=O) groups excluding carboxylic acids is 2. The summed E-state index contributed by atoms with van der Waals surface area (Å²) in [5.41, 5.74) is 3.38. The van der Waals surface area contributed by atoms with Crippen LogP contribution in [0.1, 0.15) is 18.4 Å². The van der Waals surface area contributed by atoms with Gasteiger partial charge in [0, 0.05) is 23.0 Å². The minimum Gasteiger partial charge on any atom is -0.376 e. The number of rotatable bonds is 6. The second kappa shape index (κ2) is 7.17. The zero-order valence-electron chi connectivity index (χ0n) is 13.6. The first-order chi connectivity index (χ1) is 11.6. The molecular formula is C19H21N3O2. The molecule has 3 N–H and O–H groups in total. The molecular weight excluding hydrogens is 302 g/mol. The molecule has 0 spiro atoms. The Morgan fingerprint density at radius 3 is 2.46 bits per heavy atom. The van der Waals surface area contributed by atoms with Crippen LogP contribution in [0, 0.1) is 12.8 Å². The summed E-state index contributed by atoms with van der Waals surface area (Å²) in [5.74, 6) is 0.124. The maximum atomic E-state index is 12.0. The van der Waals surface area contributed by atoms with Gasteiger partial charge in [-0.15, -0.1) is 0 Å². The van der Waals surface area contributed by atoms with E-state index in [0.29, 0.717) is 0 Å².